The molecule has 6 nitrogen and oxygen atoms in total. The van der Waals surface area contributed by atoms with Crippen LogP contribution in [0.15, 0.2) is 30.3 Å². The molecule has 0 saturated heterocycles. The second kappa shape index (κ2) is 7.75. The van der Waals surface area contributed by atoms with Crippen LogP contribution in [0.4, 0.5) is 0 Å². The molecule has 3 N–H and O–H groups in total. The SMILES string of the molecule is COCC(C)(NC(=O)CC(N)c1ccccc1)C(=O)OC. The fourth-order valence-electron chi connectivity index (χ4n) is 2.04. The summed E-state index contributed by atoms with van der Waals surface area (Å²) in [5.41, 5.74) is 5.62. The molecule has 0 fully saturated rings. The molecule has 0 heterocycles. The summed E-state index contributed by atoms with van der Waals surface area (Å²) in [5, 5.41) is 2.63. The Hall–Kier alpha value is -1.92. The average molecular weight is 294 g/mol. The molecule has 116 valence electrons. The lowest BCUT2D eigenvalue weighted by atomic mass is 10.0. The maximum absolute atomic E-state index is 12.1. The number of hydrogen-bond acceptors (Lipinski definition) is 5. The largest absolute Gasteiger partial charge is 0.467 e. The van der Waals surface area contributed by atoms with E-state index in [9.17, 15) is 9.59 Å². The summed E-state index contributed by atoms with van der Waals surface area (Å²) in [6.45, 7) is 1.57. The van der Waals surface area contributed by atoms with Gasteiger partial charge in [-0.1, -0.05) is 30.3 Å². The molecule has 0 bridgehead atoms. The molecule has 1 aromatic carbocycles. The quantitative estimate of drug-likeness (QED) is 0.725. The Balaban J connectivity index is 2.68. The fourth-order valence-corrected chi connectivity index (χ4v) is 2.04. The molecular weight excluding hydrogens is 272 g/mol. The predicted molar refractivity (Wildman–Crippen MR) is 78.4 cm³/mol. The highest BCUT2D eigenvalue weighted by Crippen LogP contribution is 2.14. The molecule has 0 aromatic heterocycles. The van der Waals surface area contributed by atoms with Crippen molar-refractivity contribution < 1.29 is 19.1 Å². The molecule has 0 radical (unpaired) electrons. The van der Waals surface area contributed by atoms with Crippen molar-refractivity contribution in [2.24, 2.45) is 5.73 Å². The van der Waals surface area contributed by atoms with Crippen LogP contribution in [-0.2, 0) is 19.1 Å². The summed E-state index contributed by atoms with van der Waals surface area (Å²) in [5.74, 6) is -0.901. The minimum absolute atomic E-state index is 0.0198. The normalized spacial score (nSPS) is 14.9. The van der Waals surface area contributed by atoms with Gasteiger partial charge in [0.15, 0.2) is 5.54 Å². The van der Waals surface area contributed by atoms with Crippen molar-refractivity contribution in [3.05, 3.63) is 35.9 Å². The number of carbonyl (C=O) groups excluding carboxylic acids is 2. The van der Waals surface area contributed by atoms with E-state index in [0.29, 0.717) is 0 Å². The Bertz CT molecular complexity index is 478. The van der Waals surface area contributed by atoms with E-state index in [1.165, 1.54) is 14.2 Å². The van der Waals surface area contributed by atoms with E-state index in [-0.39, 0.29) is 18.9 Å². The third-order valence-corrected chi connectivity index (χ3v) is 3.12. The molecule has 6 heteroatoms. The van der Waals surface area contributed by atoms with Crippen LogP contribution in [0, 0.1) is 0 Å². The summed E-state index contributed by atoms with van der Waals surface area (Å²) in [4.78, 5) is 23.8. The zero-order valence-electron chi connectivity index (χ0n) is 12.6. The second-order valence-electron chi connectivity index (χ2n) is 5.03. The first-order valence-electron chi connectivity index (χ1n) is 6.62. The predicted octanol–water partition coefficient (Wildman–Crippen LogP) is 0.771. The van der Waals surface area contributed by atoms with E-state index < -0.39 is 17.6 Å². The second-order valence-corrected chi connectivity index (χ2v) is 5.03. The molecule has 0 aliphatic rings. The molecule has 0 aliphatic carbocycles. The van der Waals surface area contributed by atoms with Crippen LogP contribution >= 0.6 is 0 Å². The molecule has 0 saturated carbocycles. The zero-order chi connectivity index (χ0) is 15.9. The Morgan fingerprint density at radius 1 is 1.29 bits per heavy atom. The van der Waals surface area contributed by atoms with Gasteiger partial charge in [0.1, 0.15) is 0 Å². The first-order chi connectivity index (χ1) is 9.92. The maximum Gasteiger partial charge on any atom is 0.333 e. The average Bonchev–Trinajstić information content (AvgIpc) is 2.47. The highest BCUT2D eigenvalue weighted by Gasteiger charge is 2.36. The number of esters is 1. The lowest BCUT2D eigenvalue weighted by Crippen LogP contribution is -2.56. The van der Waals surface area contributed by atoms with Crippen LogP contribution in [0.2, 0.25) is 0 Å². The first-order valence-corrected chi connectivity index (χ1v) is 6.62. The summed E-state index contributed by atoms with van der Waals surface area (Å²) in [7, 11) is 2.71. The number of nitrogens with two attached hydrogens (primary N) is 1. The van der Waals surface area contributed by atoms with Crippen molar-refractivity contribution in [2.75, 3.05) is 20.8 Å². The molecule has 1 amide bonds. The number of ether oxygens (including phenoxy) is 2. The van der Waals surface area contributed by atoms with Gasteiger partial charge in [0, 0.05) is 19.6 Å². The summed E-state index contributed by atoms with van der Waals surface area (Å²) in [6.07, 6.45) is 0.0698. The van der Waals surface area contributed by atoms with Crippen LogP contribution in [0.25, 0.3) is 0 Å². The van der Waals surface area contributed by atoms with Crippen LogP contribution < -0.4 is 11.1 Å². The number of nitrogens with one attached hydrogen (secondary N) is 1. The van der Waals surface area contributed by atoms with Crippen LogP contribution in [-0.4, -0.2) is 38.2 Å². The van der Waals surface area contributed by atoms with Crippen molar-refractivity contribution in [1.82, 2.24) is 5.32 Å². The minimum atomic E-state index is -1.23. The van der Waals surface area contributed by atoms with E-state index in [1.807, 2.05) is 30.3 Å². The number of amides is 1. The molecule has 21 heavy (non-hydrogen) atoms. The molecular formula is C15H22N2O4. The van der Waals surface area contributed by atoms with Gasteiger partial charge >= 0.3 is 5.97 Å². The van der Waals surface area contributed by atoms with Crippen molar-refractivity contribution in [3.63, 3.8) is 0 Å². The Morgan fingerprint density at radius 2 is 1.90 bits per heavy atom. The highest BCUT2D eigenvalue weighted by atomic mass is 16.5. The van der Waals surface area contributed by atoms with Crippen LogP contribution in [0.5, 0.6) is 0 Å². The first kappa shape index (κ1) is 17.1. The molecule has 0 aliphatic heterocycles. The van der Waals surface area contributed by atoms with Gasteiger partial charge in [0.05, 0.1) is 13.7 Å². The Morgan fingerprint density at radius 3 is 2.43 bits per heavy atom. The van der Waals surface area contributed by atoms with Crippen molar-refractivity contribution in [2.45, 2.75) is 24.9 Å². The Labute approximate surface area is 124 Å². The van der Waals surface area contributed by atoms with Gasteiger partial charge in [-0.2, -0.15) is 0 Å². The van der Waals surface area contributed by atoms with E-state index in [1.54, 1.807) is 6.92 Å². The number of methoxy groups -OCH3 is 2. The van der Waals surface area contributed by atoms with Gasteiger partial charge in [0.2, 0.25) is 5.91 Å². The van der Waals surface area contributed by atoms with E-state index in [0.717, 1.165) is 5.56 Å². The van der Waals surface area contributed by atoms with Gasteiger partial charge in [-0.15, -0.1) is 0 Å². The summed E-state index contributed by atoms with van der Waals surface area (Å²) < 4.78 is 9.67. The molecule has 1 aromatic rings. The third-order valence-electron chi connectivity index (χ3n) is 3.12. The van der Waals surface area contributed by atoms with Gasteiger partial charge in [-0.3, -0.25) is 4.79 Å². The highest BCUT2D eigenvalue weighted by molar-refractivity contribution is 5.88. The van der Waals surface area contributed by atoms with Crippen molar-refractivity contribution in [3.8, 4) is 0 Å². The van der Waals surface area contributed by atoms with Crippen molar-refractivity contribution >= 4 is 11.9 Å². The lowest BCUT2D eigenvalue weighted by Gasteiger charge is -2.27. The van der Waals surface area contributed by atoms with Crippen molar-refractivity contribution in [1.29, 1.82) is 0 Å². The molecule has 2 atom stereocenters. The topological polar surface area (TPSA) is 90.6 Å². The fraction of sp³-hybridized carbons (Fsp3) is 0.467. The van der Waals surface area contributed by atoms with Gasteiger partial charge in [-0.25, -0.2) is 4.79 Å². The molecule has 0 spiro atoms. The van der Waals surface area contributed by atoms with Gasteiger partial charge in [0.25, 0.3) is 0 Å². The number of hydrogen-bond donors (Lipinski definition) is 2. The van der Waals surface area contributed by atoms with Crippen LogP contribution in [0.1, 0.15) is 24.9 Å². The maximum atomic E-state index is 12.1. The van der Waals surface area contributed by atoms with Gasteiger partial charge < -0.3 is 20.5 Å². The number of rotatable bonds is 7. The number of benzene rings is 1. The monoisotopic (exact) mass is 294 g/mol. The number of carbonyl (C=O) groups is 2. The van der Waals surface area contributed by atoms with E-state index in [2.05, 4.69) is 5.32 Å². The van der Waals surface area contributed by atoms with E-state index >= 15 is 0 Å². The summed E-state index contributed by atoms with van der Waals surface area (Å²) >= 11 is 0. The summed E-state index contributed by atoms with van der Waals surface area (Å²) in [6, 6.07) is 8.87. The molecule has 1 rings (SSSR count). The minimum Gasteiger partial charge on any atom is -0.467 e. The lowest BCUT2D eigenvalue weighted by molar-refractivity contribution is -0.152. The van der Waals surface area contributed by atoms with Crippen LogP contribution in [0.3, 0.4) is 0 Å². The Kier molecular flexibility index (Phi) is 6.33. The van der Waals surface area contributed by atoms with E-state index in [4.69, 9.17) is 15.2 Å². The standard InChI is InChI=1S/C15H22N2O4/c1-15(10-20-2,14(19)21-3)17-13(18)9-12(16)11-7-5-4-6-8-11/h4-8,12H,9-10,16H2,1-3H3,(H,17,18). The smallest absolute Gasteiger partial charge is 0.333 e. The third kappa shape index (κ3) is 4.84. The molecule has 2 unspecified atom stereocenters. The van der Waals surface area contributed by atoms with Gasteiger partial charge in [-0.05, 0) is 12.5 Å². The zero-order valence-corrected chi connectivity index (χ0v) is 12.6.